The van der Waals surface area contributed by atoms with Crippen molar-refractivity contribution in [1.82, 2.24) is 20.1 Å². The topological polar surface area (TPSA) is 84.7 Å². The van der Waals surface area contributed by atoms with Gasteiger partial charge in [0.15, 0.2) is 5.16 Å². The Kier molecular flexibility index (Phi) is 5.56. The van der Waals surface area contributed by atoms with Gasteiger partial charge in [0.25, 0.3) is 5.56 Å². The lowest BCUT2D eigenvalue weighted by atomic mass is 9.92. The highest BCUT2D eigenvalue weighted by molar-refractivity contribution is 7.99. The van der Waals surface area contributed by atoms with Gasteiger partial charge < -0.3 is 9.51 Å². The lowest BCUT2D eigenvalue weighted by Gasteiger charge is -2.17. The second-order valence-electron chi connectivity index (χ2n) is 7.02. The molecule has 0 fully saturated rings. The van der Waals surface area contributed by atoms with Crippen LogP contribution in [0.1, 0.15) is 38.8 Å². The fraction of sp³-hybridized carbons (Fsp3) is 0.368. The van der Waals surface area contributed by atoms with Gasteiger partial charge in [-0.25, -0.2) is 4.98 Å². The third kappa shape index (κ3) is 4.82. The van der Waals surface area contributed by atoms with Gasteiger partial charge in [-0.15, -0.1) is 0 Å². The van der Waals surface area contributed by atoms with E-state index in [-0.39, 0.29) is 11.0 Å². The Hall–Kier alpha value is -2.41. The second kappa shape index (κ2) is 7.86. The Morgan fingerprint density at radius 1 is 1.15 bits per heavy atom. The zero-order valence-corrected chi connectivity index (χ0v) is 16.0. The van der Waals surface area contributed by atoms with Crippen LogP contribution in [0.2, 0.25) is 0 Å². The van der Waals surface area contributed by atoms with Crippen molar-refractivity contribution in [3.05, 3.63) is 58.3 Å². The van der Waals surface area contributed by atoms with E-state index < -0.39 is 0 Å². The molecule has 136 valence electrons. The summed E-state index contributed by atoms with van der Waals surface area (Å²) in [5.41, 5.74) is 1.48. The van der Waals surface area contributed by atoms with Gasteiger partial charge in [0.2, 0.25) is 11.7 Å². The highest BCUT2D eigenvalue weighted by Crippen LogP contribution is 2.22. The Balaban J connectivity index is 1.54. The number of thioether (sulfide) groups is 1. The van der Waals surface area contributed by atoms with Crippen molar-refractivity contribution < 1.29 is 4.52 Å². The van der Waals surface area contributed by atoms with E-state index in [0.29, 0.717) is 23.3 Å². The van der Waals surface area contributed by atoms with E-state index in [1.807, 2.05) is 51.1 Å². The van der Waals surface area contributed by atoms with E-state index in [1.54, 1.807) is 6.07 Å². The van der Waals surface area contributed by atoms with E-state index in [9.17, 15) is 4.79 Å². The molecule has 1 N–H and O–H groups in total. The zero-order chi connectivity index (χ0) is 18.6. The third-order valence-electron chi connectivity index (χ3n) is 3.76. The predicted octanol–water partition coefficient (Wildman–Crippen LogP) is 3.84. The molecule has 0 aliphatic rings. The lowest BCUT2D eigenvalue weighted by molar-refractivity contribution is 0.378. The van der Waals surface area contributed by atoms with Gasteiger partial charge in [-0.2, -0.15) is 4.98 Å². The van der Waals surface area contributed by atoms with Crippen molar-refractivity contribution >= 4 is 11.8 Å². The molecule has 0 spiro atoms. The number of aromatic amines is 1. The third-order valence-corrected chi connectivity index (χ3v) is 4.72. The number of nitrogens with zero attached hydrogens (tertiary/aromatic N) is 3. The second-order valence-corrected chi connectivity index (χ2v) is 8.10. The van der Waals surface area contributed by atoms with E-state index in [4.69, 9.17) is 4.52 Å². The number of aryl methyl sites for hydroxylation is 1. The first-order valence-electron chi connectivity index (χ1n) is 8.54. The number of rotatable bonds is 6. The van der Waals surface area contributed by atoms with Crippen molar-refractivity contribution in [1.29, 1.82) is 0 Å². The molecule has 2 aromatic heterocycles. The summed E-state index contributed by atoms with van der Waals surface area (Å²) in [4.78, 5) is 23.6. The smallest absolute Gasteiger partial charge is 0.251 e. The van der Waals surface area contributed by atoms with Crippen molar-refractivity contribution in [3.8, 4) is 11.4 Å². The highest BCUT2D eigenvalue weighted by atomic mass is 32.2. The van der Waals surface area contributed by atoms with E-state index >= 15 is 0 Å². The van der Waals surface area contributed by atoms with Crippen LogP contribution in [-0.4, -0.2) is 25.9 Å². The van der Waals surface area contributed by atoms with Crippen molar-refractivity contribution in [3.63, 3.8) is 0 Å². The molecule has 0 bridgehead atoms. The van der Waals surface area contributed by atoms with Crippen molar-refractivity contribution in [2.75, 3.05) is 5.75 Å². The summed E-state index contributed by atoms with van der Waals surface area (Å²) in [5, 5.41) is 4.67. The maximum Gasteiger partial charge on any atom is 0.251 e. The first-order chi connectivity index (χ1) is 12.4. The standard InChI is InChI=1S/C19H22N4O2S/c1-19(2,3)14-12-15(24)21-18(20-14)26-11-7-10-16-22-17(23-25-16)13-8-5-4-6-9-13/h4-6,8-9,12H,7,10-11H2,1-3H3,(H,20,21,24). The molecule has 7 heteroatoms. The van der Waals surface area contributed by atoms with E-state index in [0.717, 1.165) is 23.4 Å². The summed E-state index contributed by atoms with van der Waals surface area (Å²) in [7, 11) is 0. The lowest BCUT2D eigenvalue weighted by Crippen LogP contribution is -2.19. The van der Waals surface area contributed by atoms with Gasteiger partial charge in [0, 0.05) is 29.2 Å². The Bertz CT molecular complexity index is 913. The molecule has 0 saturated carbocycles. The van der Waals surface area contributed by atoms with Gasteiger partial charge in [0.05, 0.1) is 5.69 Å². The molecule has 0 aliphatic carbocycles. The molecule has 0 aliphatic heterocycles. The van der Waals surface area contributed by atoms with Crippen molar-refractivity contribution in [2.24, 2.45) is 0 Å². The fourth-order valence-electron chi connectivity index (χ4n) is 2.34. The van der Waals surface area contributed by atoms with Gasteiger partial charge in [-0.05, 0) is 6.42 Å². The molecule has 1 aromatic carbocycles. The van der Waals surface area contributed by atoms with E-state index in [1.165, 1.54) is 11.8 Å². The molecule has 2 heterocycles. The number of H-pyrrole nitrogens is 1. The minimum atomic E-state index is -0.152. The molecule has 3 aromatic rings. The maximum absolute atomic E-state index is 11.8. The minimum Gasteiger partial charge on any atom is -0.339 e. The molecule has 6 nitrogen and oxygen atoms in total. The van der Waals surface area contributed by atoms with Crippen LogP contribution in [0.3, 0.4) is 0 Å². The predicted molar refractivity (Wildman–Crippen MR) is 102 cm³/mol. The van der Waals surface area contributed by atoms with Gasteiger partial charge in [0.1, 0.15) is 0 Å². The highest BCUT2D eigenvalue weighted by Gasteiger charge is 2.17. The molecule has 0 radical (unpaired) electrons. The normalized spacial score (nSPS) is 11.7. The van der Waals surface area contributed by atoms with Crippen LogP contribution < -0.4 is 5.56 Å². The van der Waals surface area contributed by atoms with E-state index in [2.05, 4.69) is 20.1 Å². The molecular formula is C19H22N4O2S. The number of aromatic nitrogens is 4. The van der Waals surface area contributed by atoms with Gasteiger partial charge in [-0.1, -0.05) is 68.0 Å². The largest absolute Gasteiger partial charge is 0.339 e. The Morgan fingerprint density at radius 3 is 2.65 bits per heavy atom. The van der Waals surface area contributed by atoms with Crippen LogP contribution in [0, 0.1) is 0 Å². The fourth-order valence-corrected chi connectivity index (χ4v) is 3.16. The van der Waals surface area contributed by atoms with Crippen molar-refractivity contribution in [2.45, 2.75) is 44.2 Å². The first-order valence-corrected chi connectivity index (χ1v) is 9.53. The molecule has 0 amide bonds. The summed E-state index contributed by atoms with van der Waals surface area (Å²) in [6.07, 6.45) is 1.54. The number of hydrogen-bond donors (Lipinski definition) is 1. The quantitative estimate of drug-likeness (QED) is 0.403. The summed E-state index contributed by atoms with van der Waals surface area (Å²) in [5.74, 6) is 2.03. The average Bonchev–Trinajstić information content (AvgIpc) is 3.07. The van der Waals surface area contributed by atoms with Crippen LogP contribution in [0.5, 0.6) is 0 Å². The molecule has 0 unspecified atom stereocenters. The Labute approximate surface area is 156 Å². The Morgan fingerprint density at radius 2 is 1.92 bits per heavy atom. The molecular weight excluding hydrogens is 348 g/mol. The monoisotopic (exact) mass is 370 g/mol. The van der Waals surface area contributed by atoms with Crippen LogP contribution >= 0.6 is 11.8 Å². The molecule has 0 saturated heterocycles. The molecule has 0 atom stereocenters. The summed E-state index contributed by atoms with van der Waals surface area (Å²) in [6, 6.07) is 11.3. The number of benzene rings is 1. The van der Waals surface area contributed by atoms with Gasteiger partial charge >= 0.3 is 0 Å². The summed E-state index contributed by atoms with van der Waals surface area (Å²) >= 11 is 1.53. The maximum atomic E-state index is 11.8. The first kappa shape index (κ1) is 18.4. The van der Waals surface area contributed by atoms with Crippen LogP contribution in [0.25, 0.3) is 11.4 Å². The molecule has 26 heavy (non-hydrogen) atoms. The van der Waals surface area contributed by atoms with Crippen LogP contribution in [0.15, 0.2) is 50.9 Å². The van der Waals surface area contributed by atoms with Crippen LogP contribution in [0.4, 0.5) is 0 Å². The summed E-state index contributed by atoms with van der Waals surface area (Å²) in [6.45, 7) is 6.13. The molecule has 3 rings (SSSR count). The minimum absolute atomic E-state index is 0.114. The SMILES string of the molecule is CC(C)(C)c1cc(=O)[nH]c(SCCCc2nc(-c3ccccc3)no2)n1. The summed E-state index contributed by atoms with van der Waals surface area (Å²) < 4.78 is 5.31. The average molecular weight is 370 g/mol. The number of hydrogen-bond acceptors (Lipinski definition) is 6. The van der Waals surface area contributed by atoms with Crippen LogP contribution in [-0.2, 0) is 11.8 Å². The zero-order valence-electron chi connectivity index (χ0n) is 15.2. The number of nitrogens with one attached hydrogen (secondary N) is 1. The van der Waals surface area contributed by atoms with Gasteiger partial charge in [-0.3, -0.25) is 4.79 Å².